The van der Waals surface area contributed by atoms with E-state index in [0.717, 1.165) is 22.5 Å². The number of aryl methyl sites for hydroxylation is 1. The standard InChI is InChI=1S/C13H20N4S/c1-8(2)4-10(5-14)17-13-12-11(15-7-16-13)9(3)6-18-12/h6-8,10H,4-5,14H2,1-3H3,(H,15,16,17). The minimum atomic E-state index is 0.269. The zero-order valence-corrected chi connectivity index (χ0v) is 11.9. The highest BCUT2D eigenvalue weighted by Gasteiger charge is 2.13. The van der Waals surface area contributed by atoms with Crippen molar-refractivity contribution in [1.29, 1.82) is 0 Å². The van der Waals surface area contributed by atoms with E-state index in [2.05, 4.69) is 41.4 Å². The summed E-state index contributed by atoms with van der Waals surface area (Å²) in [4.78, 5) is 8.67. The molecule has 0 aromatic carbocycles. The Balaban J connectivity index is 2.25. The van der Waals surface area contributed by atoms with Gasteiger partial charge in [-0.05, 0) is 30.2 Å². The summed E-state index contributed by atoms with van der Waals surface area (Å²) in [7, 11) is 0. The van der Waals surface area contributed by atoms with Crippen LogP contribution >= 0.6 is 11.3 Å². The molecule has 0 saturated carbocycles. The van der Waals surface area contributed by atoms with Crippen LogP contribution in [-0.4, -0.2) is 22.6 Å². The molecule has 2 aromatic rings. The van der Waals surface area contributed by atoms with E-state index in [1.54, 1.807) is 17.7 Å². The molecule has 2 aromatic heterocycles. The van der Waals surface area contributed by atoms with E-state index in [9.17, 15) is 0 Å². The molecule has 0 aliphatic rings. The molecule has 0 amide bonds. The lowest BCUT2D eigenvalue weighted by Crippen LogP contribution is -2.30. The van der Waals surface area contributed by atoms with Crippen LogP contribution < -0.4 is 11.1 Å². The van der Waals surface area contributed by atoms with Crippen molar-refractivity contribution >= 4 is 27.4 Å². The Labute approximate surface area is 112 Å². The lowest BCUT2D eigenvalue weighted by atomic mass is 10.0. The van der Waals surface area contributed by atoms with Crippen LogP contribution in [0.1, 0.15) is 25.8 Å². The molecule has 0 fully saturated rings. The Morgan fingerprint density at radius 2 is 2.17 bits per heavy atom. The van der Waals surface area contributed by atoms with Gasteiger partial charge in [0.05, 0.1) is 10.2 Å². The first-order valence-corrected chi connectivity index (χ1v) is 7.15. The molecule has 0 aliphatic carbocycles. The fourth-order valence-electron chi connectivity index (χ4n) is 2.05. The molecule has 0 radical (unpaired) electrons. The van der Waals surface area contributed by atoms with Gasteiger partial charge in [-0.2, -0.15) is 0 Å². The molecule has 5 heteroatoms. The summed E-state index contributed by atoms with van der Waals surface area (Å²) in [5.74, 6) is 1.53. The molecule has 0 bridgehead atoms. The van der Waals surface area contributed by atoms with Gasteiger partial charge in [0.1, 0.15) is 12.1 Å². The predicted octanol–water partition coefficient (Wildman–Crippen LogP) is 2.79. The minimum absolute atomic E-state index is 0.269. The smallest absolute Gasteiger partial charge is 0.147 e. The van der Waals surface area contributed by atoms with Gasteiger partial charge in [0.15, 0.2) is 0 Å². The van der Waals surface area contributed by atoms with Gasteiger partial charge >= 0.3 is 0 Å². The summed E-state index contributed by atoms with van der Waals surface area (Å²) in [6.45, 7) is 7.10. The maximum atomic E-state index is 5.82. The highest BCUT2D eigenvalue weighted by Crippen LogP contribution is 2.29. The Morgan fingerprint density at radius 1 is 1.39 bits per heavy atom. The average molecular weight is 264 g/mol. The summed E-state index contributed by atoms with van der Waals surface area (Å²) in [5.41, 5.74) is 8.06. The van der Waals surface area contributed by atoms with E-state index in [4.69, 9.17) is 5.73 Å². The van der Waals surface area contributed by atoms with Crippen LogP contribution in [0.25, 0.3) is 10.2 Å². The molecule has 0 aliphatic heterocycles. The molecule has 0 saturated heterocycles. The lowest BCUT2D eigenvalue weighted by Gasteiger charge is -2.19. The molecule has 98 valence electrons. The first-order valence-electron chi connectivity index (χ1n) is 6.27. The van der Waals surface area contributed by atoms with Crippen LogP contribution in [0.5, 0.6) is 0 Å². The largest absolute Gasteiger partial charge is 0.365 e. The number of thiophene rings is 1. The van der Waals surface area contributed by atoms with E-state index < -0.39 is 0 Å². The molecule has 2 rings (SSSR count). The number of nitrogens with one attached hydrogen (secondary N) is 1. The van der Waals surface area contributed by atoms with Gasteiger partial charge in [0.25, 0.3) is 0 Å². The van der Waals surface area contributed by atoms with Crippen LogP contribution in [-0.2, 0) is 0 Å². The SMILES string of the molecule is Cc1csc2c(NC(CN)CC(C)C)ncnc12. The second kappa shape index (κ2) is 5.63. The molecular formula is C13H20N4S. The predicted molar refractivity (Wildman–Crippen MR) is 78.1 cm³/mol. The van der Waals surface area contributed by atoms with Crippen molar-refractivity contribution in [2.24, 2.45) is 11.7 Å². The van der Waals surface area contributed by atoms with Crippen LogP contribution in [0.15, 0.2) is 11.7 Å². The van der Waals surface area contributed by atoms with E-state index in [-0.39, 0.29) is 6.04 Å². The van der Waals surface area contributed by atoms with Crippen molar-refractivity contribution in [2.45, 2.75) is 33.2 Å². The number of nitrogens with zero attached hydrogens (tertiary/aromatic N) is 2. The van der Waals surface area contributed by atoms with Crippen LogP contribution in [0.4, 0.5) is 5.82 Å². The number of aromatic nitrogens is 2. The summed E-state index contributed by atoms with van der Waals surface area (Å²) in [5, 5.41) is 5.57. The number of hydrogen-bond acceptors (Lipinski definition) is 5. The maximum Gasteiger partial charge on any atom is 0.147 e. The van der Waals surface area contributed by atoms with Crippen LogP contribution in [0.2, 0.25) is 0 Å². The van der Waals surface area contributed by atoms with Gasteiger partial charge in [-0.25, -0.2) is 9.97 Å². The fourth-order valence-corrected chi connectivity index (χ4v) is 3.00. The number of rotatable bonds is 5. The van der Waals surface area contributed by atoms with Crippen molar-refractivity contribution in [2.75, 3.05) is 11.9 Å². The first-order chi connectivity index (χ1) is 8.61. The molecule has 2 heterocycles. The second-order valence-corrected chi connectivity index (χ2v) is 5.90. The first kappa shape index (κ1) is 13.2. The van der Waals surface area contributed by atoms with E-state index in [1.807, 2.05) is 0 Å². The van der Waals surface area contributed by atoms with Gasteiger partial charge in [0.2, 0.25) is 0 Å². The Hall–Kier alpha value is -1.20. The highest BCUT2D eigenvalue weighted by molar-refractivity contribution is 7.18. The zero-order chi connectivity index (χ0) is 13.1. The summed E-state index contributed by atoms with van der Waals surface area (Å²) >= 11 is 1.68. The number of anilines is 1. The monoisotopic (exact) mass is 264 g/mol. The van der Waals surface area contributed by atoms with Crippen molar-refractivity contribution < 1.29 is 0 Å². The molecule has 0 spiro atoms. The van der Waals surface area contributed by atoms with Crippen molar-refractivity contribution in [3.05, 3.63) is 17.3 Å². The quantitative estimate of drug-likeness (QED) is 0.871. The van der Waals surface area contributed by atoms with Gasteiger partial charge in [-0.3, -0.25) is 0 Å². The third-order valence-electron chi connectivity index (χ3n) is 2.91. The summed E-state index contributed by atoms with van der Waals surface area (Å²) in [6, 6.07) is 0.269. The minimum Gasteiger partial charge on any atom is -0.365 e. The summed E-state index contributed by atoms with van der Waals surface area (Å²) in [6.07, 6.45) is 2.67. The fraction of sp³-hybridized carbons (Fsp3) is 0.538. The second-order valence-electron chi connectivity index (χ2n) is 5.03. The highest BCUT2D eigenvalue weighted by atomic mass is 32.1. The third-order valence-corrected chi connectivity index (χ3v) is 4.01. The topological polar surface area (TPSA) is 63.8 Å². The Bertz CT molecular complexity index is 521. The molecule has 4 nitrogen and oxygen atoms in total. The molecule has 1 unspecified atom stereocenters. The van der Waals surface area contributed by atoms with Gasteiger partial charge in [-0.15, -0.1) is 11.3 Å². The average Bonchev–Trinajstić information content (AvgIpc) is 2.71. The molecule has 18 heavy (non-hydrogen) atoms. The Morgan fingerprint density at radius 3 is 2.83 bits per heavy atom. The Kier molecular flexibility index (Phi) is 4.14. The van der Waals surface area contributed by atoms with Crippen molar-refractivity contribution in [3.63, 3.8) is 0 Å². The van der Waals surface area contributed by atoms with Crippen LogP contribution in [0.3, 0.4) is 0 Å². The molecule has 3 N–H and O–H groups in total. The van der Waals surface area contributed by atoms with Gasteiger partial charge in [0, 0.05) is 12.6 Å². The molecular weight excluding hydrogens is 244 g/mol. The normalized spacial score (nSPS) is 13.2. The summed E-state index contributed by atoms with van der Waals surface area (Å²) < 4.78 is 1.12. The van der Waals surface area contributed by atoms with Gasteiger partial charge < -0.3 is 11.1 Å². The van der Waals surface area contributed by atoms with E-state index in [1.165, 1.54) is 5.56 Å². The van der Waals surface area contributed by atoms with Crippen LogP contribution in [0, 0.1) is 12.8 Å². The van der Waals surface area contributed by atoms with Crippen molar-refractivity contribution in [3.8, 4) is 0 Å². The zero-order valence-electron chi connectivity index (χ0n) is 11.1. The van der Waals surface area contributed by atoms with Gasteiger partial charge in [-0.1, -0.05) is 13.8 Å². The van der Waals surface area contributed by atoms with E-state index >= 15 is 0 Å². The maximum absolute atomic E-state index is 5.82. The lowest BCUT2D eigenvalue weighted by molar-refractivity contribution is 0.521. The number of fused-ring (bicyclic) bond motifs is 1. The van der Waals surface area contributed by atoms with Crippen molar-refractivity contribution in [1.82, 2.24) is 9.97 Å². The van der Waals surface area contributed by atoms with E-state index in [0.29, 0.717) is 12.5 Å². The number of nitrogens with two attached hydrogens (primary N) is 1. The third kappa shape index (κ3) is 2.79. The number of hydrogen-bond donors (Lipinski definition) is 2. The molecule has 1 atom stereocenters.